The van der Waals surface area contributed by atoms with Crippen molar-refractivity contribution < 1.29 is 0 Å². The zero-order chi connectivity index (χ0) is 12.7. The summed E-state index contributed by atoms with van der Waals surface area (Å²) < 4.78 is 0. The molecule has 0 amide bonds. The maximum Gasteiger partial charge on any atom is 0.0788 e. The summed E-state index contributed by atoms with van der Waals surface area (Å²) in [5.74, 6) is 0. The molecule has 0 aromatic rings. The van der Waals surface area contributed by atoms with Crippen LogP contribution < -0.4 is 0 Å². The van der Waals surface area contributed by atoms with Crippen molar-refractivity contribution in [3.05, 3.63) is 43.8 Å². The van der Waals surface area contributed by atoms with Crippen LogP contribution in [-0.2, 0) is 0 Å². The second kappa shape index (κ2) is 4.45. The van der Waals surface area contributed by atoms with Crippen molar-refractivity contribution in [2.45, 2.75) is 54.4 Å². The van der Waals surface area contributed by atoms with Gasteiger partial charge >= 0.3 is 0 Å². The summed E-state index contributed by atoms with van der Waals surface area (Å²) in [7, 11) is -0.182. The third-order valence-electron chi connectivity index (χ3n) is 4.85. The lowest BCUT2D eigenvalue weighted by Gasteiger charge is -2.08. The lowest BCUT2D eigenvalue weighted by atomic mass is 10.1. The molecule has 0 aromatic heterocycles. The molecular weight excluding hydrogens is 220 g/mol. The van der Waals surface area contributed by atoms with Gasteiger partial charge in [-0.05, 0) is 65.5 Å². The van der Waals surface area contributed by atoms with Crippen LogP contribution in [0.2, 0.25) is 0 Å². The molecule has 1 heteroatoms. The van der Waals surface area contributed by atoms with E-state index < -0.39 is 0 Å². The zero-order valence-electron chi connectivity index (χ0n) is 12.1. The molecule has 17 heavy (non-hydrogen) atoms. The Morgan fingerprint density at radius 2 is 0.941 bits per heavy atom. The van der Waals surface area contributed by atoms with E-state index in [1.165, 1.54) is 12.8 Å². The fraction of sp³-hybridized carbons (Fsp3) is 0.500. The molecule has 0 bridgehead atoms. The number of hydrogen-bond donors (Lipinski definition) is 0. The molecule has 0 N–H and O–H groups in total. The highest BCUT2D eigenvalue weighted by molar-refractivity contribution is 6.55. The maximum atomic E-state index is 2.33. The Balaban J connectivity index is 2.18. The van der Waals surface area contributed by atoms with E-state index in [9.17, 15) is 0 Å². The Labute approximate surface area is 108 Å². The van der Waals surface area contributed by atoms with E-state index >= 15 is 0 Å². The van der Waals surface area contributed by atoms with Gasteiger partial charge in [-0.1, -0.05) is 32.7 Å². The first-order chi connectivity index (χ1) is 7.91. The summed E-state index contributed by atoms with van der Waals surface area (Å²) >= 11 is 0. The van der Waals surface area contributed by atoms with Crippen LogP contribution in [0.5, 0.6) is 0 Å². The van der Waals surface area contributed by atoms with Crippen LogP contribution in [-0.4, -0.2) is 9.52 Å². The smallest absolute Gasteiger partial charge is 0.0759 e. The van der Waals surface area contributed by atoms with E-state index in [0.29, 0.717) is 0 Å². The van der Waals surface area contributed by atoms with Gasteiger partial charge in [0.2, 0.25) is 0 Å². The van der Waals surface area contributed by atoms with Gasteiger partial charge in [0.15, 0.2) is 0 Å². The van der Waals surface area contributed by atoms with Crippen molar-refractivity contribution >= 4 is 9.52 Å². The Morgan fingerprint density at radius 3 is 1.18 bits per heavy atom. The monoisotopic (exact) mass is 244 g/mol. The summed E-state index contributed by atoms with van der Waals surface area (Å²) in [6, 6.07) is 0. The van der Waals surface area contributed by atoms with Gasteiger partial charge in [0, 0.05) is 0 Å². The fourth-order valence-electron chi connectivity index (χ4n) is 2.99. The second-order valence-electron chi connectivity index (χ2n) is 5.80. The minimum absolute atomic E-state index is 0.182. The van der Waals surface area contributed by atoms with E-state index in [4.69, 9.17) is 0 Å². The molecule has 2 rings (SSSR count). The van der Waals surface area contributed by atoms with Gasteiger partial charge in [0.05, 0.1) is 9.52 Å². The Morgan fingerprint density at radius 1 is 0.588 bits per heavy atom. The van der Waals surface area contributed by atoms with Crippen LogP contribution in [0, 0.1) is 0 Å². The van der Waals surface area contributed by atoms with Crippen LogP contribution >= 0.6 is 0 Å². The first-order valence-corrected chi connectivity index (χ1v) is 8.04. The van der Waals surface area contributed by atoms with Crippen molar-refractivity contribution in [3.8, 4) is 0 Å². The van der Waals surface area contributed by atoms with Crippen LogP contribution in [0.25, 0.3) is 0 Å². The van der Waals surface area contributed by atoms with Crippen LogP contribution in [0.15, 0.2) is 43.8 Å². The predicted octanol–water partition coefficient (Wildman–Crippen LogP) is 4.18. The third-order valence-corrected chi connectivity index (χ3v) is 7.26. The predicted molar refractivity (Wildman–Crippen MR) is 79.9 cm³/mol. The van der Waals surface area contributed by atoms with Gasteiger partial charge in [0.1, 0.15) is 0 Å². The summed E-state index contributed by atoms with van der Waals surface area (Å²) in [4.78, 5) is 0. The maximum absolute atomic E-state index is 2.33. The van der Waals surface area contributed by atoms with Crippen molar-refractivity contribution in [1.29, 1.82) is 0 Å². The molecule has 0 unspecified atom stereocenters. The molecule has 0 nitrogen and oxygen atoms in total. The molecule has 0 saturated carbocycles. The Bertz CT molecular complexity index is 450. The number of rotatable bonds is 2. The first-order valence-electron chi connectivity index (χ1n) is 6.62. The van der Waals surface area contributed by atoms with Gasteiger partial charge < -0.3 is 0 Å². The first kappa shape index (κ1) is 12.6. The SMILES string of the molecule is CC1=C(C)C(C)=C([SiH2]C2=C(C)C(C)=C(C)C2)C1. The normalized spacial score (nSPS) is 21.5. The highest BCUT2D eigenvalue weighted by atomic mass is 28.2. The molecule has 0 aromatic carbocycles. The molecule has 0 radical (unpaired) electrons. The molecule has 0 saturated heterocycles. The third kappa shape index (κ3) is 2.13. The second-order valence-corrected chi connectivity index (χ2v) is 7.86. The molecule has 2 aliphatic rings. The van der Waals surface area contributed by atoms with E-state index in [2.05, 4.69) is 41.5 Å². The highest BCUT2D eigenvalue weighted by Gasteiger charge is 2.21. The van der Waals surface area contributed by atoms with Crippen LogP contribution in [0.3, 0.4) is 0 Å². The van der Waals surface area contributed by atoms with E-state index in [1.807, 2.05) is 0 Å². The minimum atomic E-state index is -0.182. The Hall–Kier alpha value is -0.823. The molecule has 0 aliphatic heterocycles. The summed E-state index contributed by atoms with van der Waals surface area (Å²) in [5, 5.41) is 3.58. The molecule has 2 aliphatic carbocycles. The van der Waals surface area contributed by atoms with Crippen molar-refractivity contribution in [1.82, 2.24) is 0 Å². The summed E-state index contributed by atoms with van der Waals surface area (Å²) in [6.07, 6.45) is 2.53. The molecule has 0 spiro atoms. The molecule has 0 fully saturated rings. The van der Waals surface area contributed by atoms with Gasteiger partial charge in [-0.2, -0.15) is 0 Å². The molecular formula is C16H24Si. The van der Waals surface area contributed by atoms with Crippen LogP contribution in [0.4, 0.5) is 0 Å². The van der Waals surface area contributed by atoms with E-state index in [0.717, 1.165) is 0 Å². The Kier molecular flexibility index (Phi) is 3.31. The van der Waals surface area contributed by atoms with Gasteiger partial charge in [-0.3, -0.25) is 0 Å². The zero-order valence-corrected chi connectivity index (χ0v) is 13.5. The van der Waals surface area contributed by atoms with E-state index in [1.54, 1.807) is 43.8 Å². The van der Waals surface area contributed by atoms with E-state index in [-0.39, 0.29) is 9.52 Å². The largest absolute Gasteiger partial charge is 0.0788 e. The summed E-state index contributed by atoms with van der Waals surface area (Å²) in [6.45, 7) is 13.8. The minimum Gasteiger partial charge on any atom is -0.0759 e. The quantitative estimate of drug-likeness (QED) is 0.639. The topological polar surface area (TPSA) is 0 Å². The summed E-state index contributed by atoms with van der Waals surface area (Å²) in [5.41, 5.74) is 9.54. The lowest BCUT2D eigenvalue weighted by molar-refractivity contribution is 1.18. The average molecular weight is 244 g/mol. The standard InChI is InChI=1S/C16H24Si/c1-9-7-15(13(5)11(9)3)17-16-8-10(2)12(4)14(16)6/h7-8,17H2,1-6H3. The molecule has 0 atom stereocenters. The van der Waals surface area contributed by atoms with Gasteiger partial charge in [-0.25, -0.2) is 0 Å². The van der Waals surface area contributed by atoms with Gasteiger partial charge in [0.25, 0.3) is 0 Å². The lowest BCUT2D eigenvalue weighted by Crippen LogP contribution is -2.02. The highest BCUT2D eigenvalue weighted by Crippen LogP contribution is 2.36. The number of allylic oxidation sites excluding steroid dienone is 8. The van der Waals surface area contributed by atoms with Gasteiger partial charge in [-0.15, -0.1) is 0 Å². The number of hydrogen-bond acceptors (Lipinski definition) is 0. The van der Waals surface area contributed by atoms with Crippen molar-refractivity contribution in [2.75, 3.05) is 0 Å². The fourth-order valence-corrected chi connectivity index (χ4v) is 5.56. The van der Waals surface area contributed by atoms with Crippen LogP contribution in [0.1, 0.15) is 54.4 Å². The molecule has 0 heterocycles. The molecule has 92 valence electrons. The average Bonchev–Trinajstić information content (AvgIpc) is 2.66. The van der Waals surface area contributed by atoms with Crippen molar-refractivity contribution in [2.24, 2.45) is 0 Å². The van der Waals surface area contributed by atoms with Crippen molar-refractivity contribution in [3.63, 3.8) is 0 Å².